The zero-order valence-electron chi connectivity index (χ0n) is 10.8. The van der Waals surface area contributed by atoms with Crippen LogP contribution in [-0.4, -0.2) is 14.5 Å². The summed E-state index contributed by atoms with van der Waals surface area (Å²) >= 11 is 11.3. The summed E-state index contributed by atoms with van der Waals surface area (Å²) in [5.41, 5.74) is 3.10. The minimum absolute atomic E-state index is 0.616. The molecular weight excluding hydrogens is 290 g/mol. The van der Waals surface area contributed by atoms with Crippen LogP contribution in [0.3, 0.4) is 0 Å². The van der Waals surface area contributed by atoms with Gasteiger partial charge in [0.25, 0.3) is 0 Å². The quantitative estimate of drug-likeness (QED) is 0.726. The van der Waals surface area contributed by atoms with Gasteiger partial charge in [0.15, 0.2) is 10.4 Å². The largest absolute Gasteiger partial charge is 0.329 e. The Morgan fingerprint density at radius 3 is 2.85 bits per heavy atom. The molecule has 0 aliphatic carbocycles. The zero-order valence-corrected chi connectivity index (χ0v) is 12.4. The fourth-order valence-electron chi connectivity index (χ4n) is 2.31. The molecule has 3 aromatic rings. The van der Waals surface area contributed by atoms with Crippen molar-refractivity contribution in [3.63, 3.8) is 0 Å². The zero-order chi connectivity index (χ0) is 13.9. The van der Waals surface area contributed by atoms with Crippen LogP contribution in [0.15, 0.2) is 42.6 Å². The second kappa shape index (κ2) is 5.77. The maximum Gasteiger partial charge on any atom is 0.179 e. The lowest BCUT2D eigenvalue weighted by Crippen LogP contribution is -2.00. The molecule has 102 valence electrons. The number of nitrogens with one attached hydrogen (secondary N) is 1. The second-order valence-corrected chi connectivity index (χ2v) is 5.52. The first-order valence-corrected chi connectivity index (χ1v) is 7.30. The molecule has 5 heteroatoms. The van der Waals surface area contributed by atoms with Gasteiger partial charge in [-0.15, -0.1) is 0 Å². The molecule has 0 radical (unpaired) electrons. The molecule has 0 aliphatic heterocycles. The SMILES string of the molecule is S=c1[nH]c2cc(Cl)cnc2n1CCCc1ccccc1. The number of fused-ring (bicyclic) bond motifs is 1. The van der Waals surface area contributed by atoms with E-state index >= 15 is 0 Å². The fraction of sp³-hybridized carbons (Fsp3) is 0.200. The van der Waals surface area contributed by atoms with Crippen LogP contribution in [0.1, 0.15) is 12.0 Å². The standard InChI is InChI=1S/C15H14ClN3S/c16-12-9-13-14(17-10-12)19(15(20)18-13)8-4-7-11-5-2-1-3-6-11/h1-3,5-6,9-10H,4,7-8H2,(H,18,20). The van der Waals surface area contributed by atoms with Crippen LogP contribution in [0.25, 0.3) is 11.2 Å². The van der Waals surface area contributed by atoms with Gasteiger partial charge >= 0.3 is 0 Å². The highest BCUT2D eigenvalue weighted by atomic mass is 35.5. The summed E-state index contributed by atoms with van der Waals surface area (Å²) < 4.78 is 2.73. The van der Waals surface area contributed by atoms with Gasteiger partial charge in [-0.05, 0) is 36.7 Å². The number of H-pyrrole nitrogens is 1. The van der Waals surface area contributed by atoms with Crippen molar-refractivity contribution < 1.29 is 0 Å². The van der Waals surface area contributed by atoms with E-state index in [1.54, 1.807) is 6.20 Å². The Morgan fingerprint density at radius 1 is 1.25 bits per heavy atom. The molecule has 0 unspecified atom stereocenters. The van der Waals surface area contributed by atoms with E-state index in [-0.39, 0.29) is 0 Å². The number of nitrogens with zero attached hydrogens (tertiary/aromatic N) is 2. The van der Waals surface area contributed by atoms with E-state index < -0.39 is 0 Å². The molecule has 0 atom stereocenters. The highest BCUT2D eigenvalue weighted by molar-refractivity contribution is 7.71. The monoisotopic (exact) mass is 303 g/mol. The van der Waals surface area contributed by atoms with Crippen molar-refractivity contribution in [2.75, 3.05) is 0 Å². The Morgan fingerprint density at radius 2 is 2.05 bits per heavy atom. The summed E-state index contributed by atoms with van der Waals surface area (Å²) in [6, 6.07) is 12.3. The highest BCUT2D eigenvalue weighted by Crippen LogP contribution is 2.17. The van der Waals surface area contributed by atoms with E-state index in [1.165, 1.54) is 5.56 Å². The molecule has 1 N–H and O–H groups in total. The first kappa shape index (κ1) is 13.3. The molecule has 0 saturated carbocycles. The summed E-state index contributed by atoms with van der Waals surface area (Å²) in [4.78, 5) is 7.51. The molecule has 3 rings (SSSR count). The normalized spacial score (nSPS) is 11.1. The highest BCUT2D eigenvalue weighted by Gasteiger charge is 2.06. The number of aromatic nitrogens is 3. The lowest BCUT2D eigenvalue weighted by Gasteiger charge is -2.04. The van der Waals surface area contributed by atoms with Crippen molar-refractivity contribution >= 4 is 35.0 Å². The van der Waals surface area contributed by atoms with Crippen LogP contribution in [0.2, 0.25) is 5.02 Å². The van der Waals surface area contributed by atoms with E-state index in [0.29, 0.717) is 9.79 Å². The average molecular weight is 304 g/mol. The number of rotatable bonds is 4. The minimum atomic E-state index is 0.616. The van der Waals surface area contributed by atoms with E-state index in [4.69, 9.17) is 23.8 Å². The predicted molar refractivity (Wildman–Crippen MR) is 84.7 cm³/mol. The van der Waals surface area contributed by atoms with Crippen molar-refractivity contribution in [2.45, 2.75) is 19.4 Å². The Hall–Kier alpha value is -1.65. The van der Waals surface area contributed by atoms with Crippen LogP contribution in [0, 0.1) is 4.77 Å². The van der Waals surface area contributed by atoms with Crippen LogP contribution in [-0.2, 0) is 13.0 Å². The number of hydrogen-bond acceptors (Lipinski definition) is 2. The molecule has 3 nitrogen and oxygen atoms in total. The van der Waals surface area contributed by atoms with Crippen LogP contribution in [0.4, 0.5) is 0 Å². The van der Waals surface area contributed by atoms with E-state index in [2.05, 4.69) is 34.2 Å². The van der Waals surface area contributed by atoms with Gasteiger partial charge < -0.3 is 9.55 Å². The Balaban J connectivity index is 1.78. The van der Waals surface area contributed by atoms with E-state index in [0.717, 1.165) is 30.6 Å². The molecule has 0 bridgehead atoms. The summed E-state index contributed by atoms with van der Waals surface area (Å²) in [7, 11) is 0. The first-order valence-electron chi connectivity index (χ1n) is 6.52. The van der Waals surface area contributed by atoms with Gasteiger partial charge in [-0.2, -0.15) is 0 Å². The number of aryl methyl sites for hydroxylation is 2. The molecular formula is C15H14ClN3S. The number of aromatic amines is 1. The molecule has 0 amide bonds. The van der Waals surface area contributed by atoms with Gasteiger partial charge in [0.2, 0.25) is 0 Å². The number of pyridine rings is 1. The maximum atomic E-state index is 5.94. The number of halogens is 1. The fourth-order valence-corrected chi connectivity index (χ4v) is 2.76. The lowest BCUT2D eigenvalue weighted by atomic mass is 10.1. The van der Waals surface area contributed by atoms with Gasteiger partial charge in [0, 0.05) is 12.7 Å². The van der Waals surface area contributed by atoms with Crippen molar-refractivity contribution in [1.29, 1.82) is 0 Å². The van der Waals surface area contributed by atoms with Gasteiger partial charge in [0.1, 0.15) is 0 Å². The van der Waals surface area contributed by atoms with Crippen molar-refractivity contribution in [2.24, 2.45) is 0 Å². The maximum absolute atomic E-state index is 5.94. The van der Waals surface area contributed by atoms with Crippen LogP contribution >= 0.6 is 23.8 Å². The van der Waals surface area contributed by atoms with Crippen LogP contribution in [0.5, 0.6) is 0 Å². The molecule has 20 heavy (non-hydrogen) atoms. The number of imidazole rings is 1. The molecule has 0 aliphatic rings. The topological polar surface area (TPSA) is 33.6 Å². The molecule has 0 saturated heterocycles. The Labute approximate surface area is 127 Å². The van der Waals surface area contributed by atoms with Crippen molar-refractivity contribution in [1.82, 2.24) is 14.5 Å². The molecule has 0 fully saturated rings. The van der Waals surface area contributed by atoms with E-state index in [1.807, 2.05) is 16.7 Å². The van der Waals surface area contributed by atoms with Crippen LogP contribution < -0.4 is 0 Å². The van der Waals surface area contributed by atoms with Gasteiger partial charge in [-0.1, -0.05) is 41.9 Å². The average Bonchev–Trinajstić information content (AvgIpc) is 2.75. The van der Waals surface area contributed by atoms with Gasteiger partial charge in [0.05, 0.1) is 10.5 Å². The Bertz CT molecular complexity index is 777. The summed E-state index contributed by atoms with van der Waals surface area (Å²) in [5.74, 6) is 0. The third-order valence-corrected chi connectivity index (χ3v) is 3.79. The smallest absolute Gasteiger partial charge is 0.179 e. The summed E-state index contributed by atoms with van der Waals surface area (Å²) in [6.07, 6.45) is 3.71. The number of benzene rings is 1. The molecule has 2 heterocycles. The summed E-state index contributed by atoms with van der Waals surface area (Å²) in [6.45, 7) is 0.850. The predicted octanol–water partition coefficient (Wildman–Crippen LogP) is 4.38. The third kappa shape index (κ3) is 2.76. The van der Waals surface area contributed by atoms with E-state index in [9.17, 15) is 0 Å². The third-order valence-electron chi connectivity index (χ3n) is 3.27. The van der Waals surface area contributed by atoms with Crippen molar-refractivity contribution in [3.05, 3.63) is 58.0 Å². The molecule has 1 aromatic carbocycles. The molecule has 2 aromatic heterocycles. The first-order chi connectivity index (χ1) is 9.74. The summed E-state index contributed by atoms with van der Waals surface area (Å²) in [5, 5.41) is 0.616. The van der Waals surface area contributed by atoms with Gasteiger partial charge in [-0.3, -0.25) is 0 Å². The van der Waals surface area contributed by atoms with Gasteiger partial charge in [-0.25, -0.2) is 4.98 Å². The molecule has 0 spiro atoms. The Kier molecular flexibility index (Phi) is 3.85. The minimum Gasteiger partial charge on any atom is -0.329 e. The lowest BCUT2D eigenvalue weighted by molar-refractivity contribution is 0.646. The second-order valence-electron chi connectivity index (χ2n) is 4.70. The van der Waals surface area contributed by atoms with Crippen molar-refractivity contribution in [3.8, 4) is 0 Å². The number of hydrogen-bond donors (Lipinski definition) is 1.